The van der Waals surface area contributed by atoms with Crippen LogP contribution in [-0.2, 0) is 22.3 Å². The standard InChI is InChI=1S/C28H25F4N3O5/c29-21-8-2-1-7-20(21)25(37)34-12-10-27(11-13-34)35(26(38)23-9-4-14-39-23)22(17-40-27)24(36)33-16-18-5-3-6-19(15-18)28(30,31)32/h1-9,14-15,22H,10-13,16-17H2,(H,33,36)/t22-/m0/s1. The van der Waals surface area contributed by atoms with Gasteiger partial charge in [0.15, 0.2) is 5.76 Å². The van der Waals surface area contributed by atoms with Crippen molar-refractivity contribution < 1.29 is 41.1 Å². The average Bonchev–Trinajstić information content (AvgIpc) is 3.61. The van der Waals surface area contributed by atoms with Gasteiger partial charge < -0.3 is 19.4 Å². The number of carbonyl (C=O) groups is 3. The molecule has 2 aliphatic rings. The van der Waals surface area contributed by atoms with Gasteiger partial charge in [-0.05, 0) is 42.0 Å². The number of ether oxygens (including phenoxy) is 1. The predicted molar refractivity (Wildman–Crippen MR) is 132 cm³/mol. The highest BCUT2D eigenvalue weighted by atomic mass is 19.4. The van der Waals surface area contributed by atoms with Crippen molar-refractivity contribution in [2.24, 2.45) is 0 Å². The number of benzene rings is 2. The summed E-state index contributed by atoms with van der Waals surface area (Å²) in [6.45, 7) is -0.0938. The molecule has 8 nitrogen and oxygen atoms in total. The van der Waals surface area contributed by atoms with Crippen LogP contribution in [0, 0.1) is 5.82 Å². The van der Waals surface area contributed by atoms with E-state index in [2.05, 4.69) is 5.32 Å². The molecule has 1 spiro atoms. The molecule has 0 bridgehead atoms. The Bertz CT molecular complexity index is 1400. The average molecular weight is 560 g/mol. The topological polar surface area (TPSA) is 92.1 Å². The molecule has 1 aromatic heterocycles. The van der Waals surface area contributed by atoms with Crippen LogP contribution in [0.1, 0.15) is 44.9 Å². The van der Waals surface area contributed by atoms with Crippen molar-refractivity contribution in [2.75, 3.05) is 19.7 Å². The SMILES string of the molecule is O=C(NCc1cccc(C(F)(F)F)c1)[C@@H]1COC2(CCN(C(=O)c3ccccc3F)CC2)N1C(=O)c1ccco1. The summed E-state index contributed by atoms with van der Waals surface area (Å²) >= 11 is 0. The van der Waals surface area contributed by atoms with Crippen molar-refractivity contribution >= 4 is 17.7 Å². The number of halogens is 4. The van der Waals surface area contributed by atoms with Crippen LogP contribution >= 0.6 is 0 Å². The molecule has 5 rings (SSSR count). The Balaban J connectivity index is 1.33. The molecule has 0 unspecified atom stereocenters. The summed E-state index contributed by atoms with van der Waals surface area (Å²) < 4.78 is 64.8. The first kappa shape index (κ1) is 27.4. The molecule has 0 radical (unpaired) electrons. The molecule has 0 saturated carbocycles. The Morgan fingerprint density at radius 2 is 1.73 bits per heavy atom. The van der Waals surface area contributed by atoms with Gasteiger partial charge >= 0.3 is 6.18 Å². The number of hydrogen-bond acceptors (Lipinski definition) is 5. The Labute approximate surface area is 226 Å². The number of nitrogens with one attached hydrogen (secondary N) is 1. The fourth-order valence-corrected chi connectivity index (χ4v) is 5.11. The number of likely N-dealkylation sites (tertiary alicyclic amines) is 1. The van der Waals surface area contributed by atoms with E-state index < -0.39 is 47.0 Å². The molecule has 3 aromatic rings. The minimum absolute atomic E-state index is 0.0228. The van der Waals surface area contributed by atoms with E-state index in [0.717, 1.165) is 12.1 Å². The number of hydrogen-bond donors (Lipinski definition) is 1. The minimum Gasteiger partial charge on any atom is -0.459 e. The number of amides is 3. The molecular weight excluding hydrogens is 534 g/mol. The monoisotopic (exact) mass is 559 g/mol. The Morgan fingerprint density at radius 1 is 0.975 bits per heavy atom. The zero-order chi connectivity index (χ0) is 28.5. The van der Waals surface area contributed by atoms with E-state index in [1.165, 1.54) is 58.5 Å². The van der Waals surface area contributed by atoms with Crippen molar-refractivity contribution in [3.63, 3.8) is 0 Å². The summed E-state index contributed by atoms with van der Waals surface area (Å²) in [6, 6.07) is 12.1. The molecule has 1 N–H and O–H groups in total. The molecule has 12 heteroatoms. The van der Waals surface area contributed by atoms with E-state index in [1.54, 1.807) is 6.07 Å². The Morgan fingerprint density at radius 3 is 2.40 bits per heavy atom. The molecule has 3 heterocycles. The highest BCUT2D eigenvalue weighted by molar-refractivity contribution is 5.97. The zero-order valence-corrected chi connectivity index (χ0v) is 21.1. The van der Waals surface area contributed by atoms with E-state index in [0.29, 0.717) is 0 Å². The molecule has 210 valence electrons. The third kappa shape index (κ3) is 5.31. The number of piperidine rings is 1. The summed E-state index contributed by atoms with van der Waals surface area (Å²) in [5, 5.41) is 2.61. The first-order chi connectivity index (χ1) is 19.1. The fraction of sp³-hybridized carbons (Fsp3) is 0.321. The van der Waals surface area contributed by atoms with Crippen molar-refractivity contribution in [2.45, 2.75) is 37.3 Å². The number of furan rings is 1. The van der Waals surface area contributed by atoms with Crippen LogP contribution in [0.25, 0.3) is 0 Å². The lowest BCUT2D eigenvalue weighted by molar-refractivity contribution is -0.137. The van der Waals surface area contributed by atoms with Gasteiger partial charge in [-0.15, -0.1) is 0 Å². The minimum atomic E-state index is -4.53. The van der Waals surface area contributed by atoms with E-state index >= 15 is 0 Å². The Kier molecular flexibility index (Phi) is 7.37. The van der Waals surface area contributed by atoms with E-state index in [4.69, 9.17) is 9.15 Å². The van der Waals surface area contributed by atoms with Gasteiger partial charge in [-0.3, -0.25) is 19.3 Å². The lowest BCUT2D eigenvalue weighted by Crippen LogP contribution is -2.59. The van der Waals surface area contributed by atoms with Crippen molar-refractivity contribution in [3.05, 3.63) is 95.2 Å². The predicted octanol–water partition coefficient (Wildman–Crippen LogP) is 4.23. The normalized spacial score (nSPS) is 18.6. The highest BCUT2D eigenvalue weighted by Gasteiger charge is 2.54. The van der Waals surface area contributed by atoms with Crippen LogP contribution < -0.4 is 5.32 Å². The zero-order valence-electron chi connectivity index (χ0n) is 21.1. The van der Waals surface area contributed by atoms with Crippen LogP contribution in [0.4, 0.5) is 17.6 Å². The van der Waals surface area contributed by atoms with Crippen LogP contribution in [-0.4, -0.2) is 59.0 Å². The molecule has 3 amide bonds. The summed E-state index contributed by atoms with van der Waals surface area (Å²) in [4.78, 5) is 42.5. The van der Waals surface area contributed by atoms with Gasteiger partial charge in [0.1, 0.15) is 17.6 Å². The molecule has 2 aromatic carbocycles. The van der Waals surface area contributed by atoms with E-state index in [1.807, 2.05) is 0 Å². The molecule has 2 saturated heterocycles. The van der Waals surface area contributed by atoms with Crippen LogP contribution in [0.3, 0.4) is 0 Å². The van der Waals surface area contributed by atoms with Gasteiger partial charge in [0.05, 0.1) is 24.0 Å². The summed E-state index contributed by atoms with van der Waals surface area (Å²) in [5.74, 6) is -2.37. The van der Waals surface area contributed by atoms with Crippen molar-refractivity contribution in [1.29, 1.82) is 0 Å². The molecule has 2 fully saturated rings. The maximum absolute atomic E-state index is 14.2. The second-order valence-electron chi connectivity index (χ2n) is 9.61. The van der Waals surface area contributed by atoms with Gasteiger partial charge in [-0.2, -0.15) is 13.2 Å². The van der Waals surface area contributed by atoms with Gasteiger partial charge in [0, 0.05) is 32.5 Å². The fourth-order valence-electron chi connectivity index (χ4n) is 5.11. The first-order valence-corrected chi connectivity index (χ1v) is 12.6. The highest BCUT2D eigenvalue weighted by Crippen LogP contribution is 2.39. The molecule has 1 atom stereocenters. The smallest absolute Gasteiger partial charge is 0.416 e. The number of rotatable bonds is 5. The van der Waals surface area contributed by atoms with Crippen LogP contribution in [0.5, 0.6) is 0 Å². The molecular formula is C28H25F4N3O5. The van der Waals surface area contributed by atoms with Gasteiger partial charge in [-0.25, -0.2) is 4.39 Å². The van der Waals surface area contributed by atoms with Crippen LogP contribution in [0.15, 0.2) is 71.3 Å². The van der Waals surface area contributed by atoms with Crippen LogP contribution in [0.2, 0.25) is 0 Å². The number of alkyl halides is 3. The van der Waals surface area contributed by atoms with Crippen molar-refractivity contribution in [1.82, 2.24) is 15.1 Å². The molecule has 2 aliphatic heterocycles. The summed E-state index contributed by atoms with van der Waals surface area (Å²) in [7, 11) is 0. The van der Waals surface area contributed by atoms with Gasteiger partial charge in [0.25, 0.3) is 11.8 Å². The first-order valence-electron chi connectivity index (χ1n) is 12.6. The van der Waals surface area contributed by atoms with E-state index in [-0.39, 0.29) is 56.0 Å². The maximum Gasteiger partial charge on any atom is 0.416 e. The van der Waals surface area contributed by atoms with Gasteiger partial charge in [-0.1, -0.05) is 24.3 Å². The quantitative estimate of drug-likeness (QED) is 0.473. The maximum atomic E-state index is 14.2. The molecule has 0 aliphatic carbocycles. The number of nitrogens with zero attached hydrogens (tertiary/aromatic N) is 2. The molecule has 40 heavy (non-hydrogen) atoms. The lowest BCUT2D eigenvalue weighted by atomic mass is 9.96. The second kappa shape index (κ2) is 10.8. The third-order valence-electron chi connectivity index (χ3n) is 7.17. The third-order valence-corrected chi connectivity index (χ3v) is 7.17. The van der Waals surface area contributed by atoms with E-state index in [9.17, 15) is 31.9 Å². The van der Waals surface area contributed by atoms with Crippen molar-refractivity contribution in [3.8, 4) is 0 Å². The summed E-state index contributed by atoms with van der Waals surface area (Å²) in [6.07, 6.45) is -2.91. The number of carbonyl (C=O) groups excluding carboxylic acids is 3. The van der Waals surface area contributed by atoms with Gasteiger partial charge in [0.2, 0.25) is 5.91 Å². The second-order valence-corrected chi connectivity index (χ2v) is 9.61. The largest absolute Gasteiger partial charge is 0.459 e. The Hall–Kier alpha value is -4.19. The lowest BCUT2D eigenvalue weighted by Gasteiger charge is -2.44. The summed E-state index contributed by atoms with van der Waals surface area (Å²) in [5.41, 5.74) is -1.91.